The van der Waals surface area contributed by atoms with Crippen molar-refractivity contribution in [1.82, 2.24) is 9.97 Å². The molecular formula is C13H9Br2N3O. The number of hydrogen-bond donors (Lipinski definition) is 1. The molecule has 3 rings (SSSR count). The number of fused-ring (bicyclic) bond motifs is 1. The summed E-state index contributed by atoms with van der Waals surface area (Å²) in [5.74, 6) is 0.308. The monoisotopic (exact) mass is 381 g/mol. The summed E-state index contributed by atoms with van der Waals surface area (Å²) in [5, 5.41) is 2.80. The van der Waals surface area contributed by atoms with Crippen LogP contribution in [0.25, 0.3) is 0 Å². The van der Waals surface area contributed by atoms with Crippen LogP contribution in [0.4, 0.5) is 5.82 Å². The predicted molar refractivity (Wildman–Crippen MR) is 78.9 cm³/mol. The van der Waals surface area contributed by atoms with Crippen LogP contribution in [0.2, 0.25) is 0 Å². The van der Waals surface area contributed by atoms with E-state index in [2.05, 4.69) is 53.2 Å². The van der Waals surface area contributed by atoms with Crippen LogP contribution in [0.1, 0.15) is 17.0 Å². The Kier molecular flexibility index (Phi) is 3.36. The van der Waals surface area contributed by atoms with Crippen molar-refractivity contribution in [1.29, 1.82) is 0 Å². The van der Waals surface area contributed by atoms with Crippen molar-refractivity contribution >= 4 is 43.6 Å². The van der Waals surface area contributed by atoms with Crippen molar-refractivity contribution in [3.63, 3.8) is 0 Å². The maximum absolute atomic E-state index is 12.2. The van der Waals surface area contributed by atoms with Gasteiger partial charge in [-0.25, -0.2) is 9.97 Å². The summed E-state index contributed by atoms with van der Waals surface area (Å²) < 4.78 is 1.13. The van der Waals surface area contributed by atoms with E-state index in [0.717, 1.165) is 12.0 Å². The van der Waals surface area contributed by atoms with Crippen molar-refractivity contribution in [2.75, 3.05) is 5.32 Å². The molecule has 0 aliphatic heterocycles. The van der Waals surface area contributed by atoms with Crippen LogP contribution < -0.4 is 5.32 Å². The van der Waals surface area contributed by atoms with Gasteiger partial charge >= 0.3 is 0 Å². The third-order valence-corrected chi connectivity index (χ3v) is 4.05. The van der Waals surface area contributed by atoms with Crippen LogP contribution in [0.15, 0.2) is 39.7 Å². The van der Waals surface area contributed by atoms with Gasteiger partial charge in [0.2, 0.25) is 5.91 Å². The Morgan fingerprint density at radius 3 is 2.84 bits per heavy atom. The highest BCUT2D eigenvalue weighted by Gasteiger charge is 2.32. The van der Waals surface area contributed by atoms with Crippen LogP contribution in [-0.4, -0.2) is 15.9 Å². The average Bonchev–Trinajstić information content (AvgIpc) is 2.34. The number of rotatable bonds is 2. The van der Waals surface area contributed by atoms with Crippen molar-refractivity contribution in [3.05, 3.63) is 50.8 Å². The fourth-order valence-corrected chi connectivity index (χ4v) is 3.04. The fraction of sp³-hybridized carbons (Fsp3) is 0.154. The Morgan fingerprint density at radius 2 is 2.11 bits per heavy atom. The van der Waals surface area contributed by atoms with Gasteiger partial charge in [-0.3, -0.25) is 4.79 Å². The Bertz CT molecular complexity index is 660. The molecule has 0 bridgehead atoms. The molecule has 19 heavy (non-hydrogen) atoms. The van der Waals surface area contributed by atoms with Crippen molar-refractivity contribution < 1.29 is 4.79 Å². The minimum absolute atomic E-state index is 0.0453. The SMILES string of the molecule is O=C(Nc1ncc(Br)nc1Br)C1Cc2ccccc21. The Balaban J connectivity index is 1.77. The highest BCUT2D eigenvalue weighted by molar-refractivity contribution is 9.11. The lowest BCUT2D eigenvalue weighted by atomic mass is 9.77. The third kappa shape index (κ3) is 2.42. The van der Waals surface area contributed by atoms with Crippen LogP contribution in [0, 0.1) is 0 Å². The second kappa shape index (κ2) is 5.02. The van der Waals surface area contributed by atoms with E-state index in [4.69, 9.17) is 0 Å². The van der Waals surface area contributed by atoms with Gasteiger partial charge in [-0.2, -0.15) is 0 Å². The molecule has 0 saturated heterocycles. The van der Waals surface area contributed by atoms with Crippen LogP contribution in [-0.2, 0) is 11.2 Å². The Labute approximate surface area is 126 Å². The molecule has 1 N–H and O–H groups in total. The number of carbonyl (C=O) groups is 1. The normalized spacial score (nSPS) is 16.4. The van der Waals surface area contributed by atoms with Gasteiger partial charge in [-0.15, -0.1) is 0 Å². The lowest BCUT2D eigenvalue weighted by Crippen LogP contribution is -2.30. The zero-order valence-corrected chi connectivity index (χ0v) is 12.9. The first kappa shape index (κ1) is 12.7. The van der Waals surface area contributed by atoms with Crippen molar-refractivity contribution in [2.45, 2.75) is 12.3 Å². The summed E-state index contributed by atoms with van der Waals surface area (Å²) in [4.78, 5) is 20.4. The lowest BCUT2D eigenvalue weighted by Gasteiger charge is -2.28. The van der Waals surface area contributed by atoms with Gasteiger partial charge in [0, 0.05) is 0 Å². The number of benzene rings is 1. The summed E-state index contributed by atoms with van der Waals surface area (Å²) in [6.07, 6.45) is 2.33. The molecule has 1 unspecified atom stereocenters. The van der Waals surface area contributed by atoms with Gasteiger partial charge in [0.15, 0.2) is 5.82 Å². The van der Waals surface area contributed by atoms with Crippen molar-refractivity contribution in [2.24, 2.45) is 0 Å². The number of nitrogens with zero attached hydrogens (tertiary/aromatic N) is 2. The maximum atomic E-state index is 12.2. The van der Waals surface area contributed by atoms with Gasteiger partial charge in [0.05, 0.1) is 12.1 Å². The van der Waals surface area contributed by atoms with Gasteiger partial charge in [0.1, 0.15) is 9.21 Å². The predicted octanol–water partition coefficient (Wildman–Crippen LogP) is 3.28. The highest BCUT2D eigenvalue weighted by Crippen LogP contribution is 2.35. The van der Waals surface area contributed by atoms with Gasteiger partial charge in [-0.1, -0.05) is 24.3 Å². The van der Waals surface area contributed by atoms with Gasteiger partial charge < -0.3 is 5.32 Å². The first-order valence-electron chi connectivity index (χ1n) is 5.72. The highest BCUT2D eigenvalue weighted by atomic mass is 79.9. The van der Waals surface area contributed by atoms with E-state index in [-0.39, 0.29) is 11.8 Å². The average molecular weight is 383 g/mol. The summed E-state index contributed by atoms with van der Waals surface area (Å²) in [6, 6.07) is 7.98. The van der Waals surface area contributed by atoms with Gasteiger partial charge in [-0.05, 0) is 49.4 Å². The van der Waals surface area contributed by atoms with E-state index in [1.807, 2.05) is 18.2 Å². The molecule has 0 saturated carbocycles. The molecule has 0 radical (unpaired) electrons. The summed E-state index contributed by atoms with van der Waals surface area (Å²) in [7, 11) is 0. The first-order chi connectivity index (χ1) is 9.15. The number of hydrogen-bond acceptors (Lipinski definition) is 3. The number of aromatic nitrogens is 2. The van der Waals surface area contributed by atoms with E-state index in [1.54, 1.807) is 6.20 Å². The topological polar surface area (TPSA) is 54.9 Å². The smallest absolute Gasteiger partial charge is 0.233 e. The molecule has 1 aliphatic rings. The quantitative estimate of drug-likeness (QED) is 0.867. The zero-order valence-electron chi connectivity index (χ0n) is 9.73. The van der Waals surface area contributed by atoms with E-state index in [9.17, 15) is 4.79 Å². The molecule has 6 heteroatoms. The molecule has 1 aromatic heterocycles. The van der Waals surface area contributed by atoms with E-state index >= 15 is 0 Å². The Morgan fingerprint density at radius 1 is 1.32 bits per heavy atom. The summed E-state index contributed by atoms with van der Waals surface area (Å²) >= 11 is 6.50. The second-order valence-electron chi connectivity index (χ2n) is 4.28. The molecule has 96 valence electrons. The van der Waals surface area contributed by atoms with E-state index in [1.165, 1.54) is 5.56 Å². The van der Waals surface area contributed by atoms with E-state index < -0.39 is 0 Å². The molecule has 1 amide bonds. The minimum atomic E-state index is -0.0893. The number of carbonyl (C=O) groups excluding carboxylic acids is 1. The standard InChI is InChI=1S/C13H9Br2N3O/c14-10-6-16-12(11(15)17-10)18-13(19)9-5-7-3-1-2-4-8(7)9/h1-4,6,9H,5H2,(H,16,18,19). The van der Waals surface area contributed by atoms with E-state index in [0.29, 0.717) is 15.0 Å². The number of amides is 1. The molecule has 2 aromatic rings. The number of anilines is 1. The van der Waals surface area contributed by atoms with Crippen LogP contribution in [0.3, 0.4) is 0 Å². The molecule has 1 atom stereocenters. The third-order valence-electron chi connectivity index (χ3n) is 3.11. The summed E-state index contributed by atoms with van der Waals surface area (Å²) in [5.41, 5.74) is 2.34. The molecule has 1 aromatic carbocycles. The molecule has 0 fully saturated rings. The number of halogens is 2. The van der Waals surface area contributed by atoms with Crippen LogP contribution in [0.5, 0.6) is 0 Å². The molecular weight excluding hydrogens is 374 g/mol. The minimum Gasteiger partial charge on any atom is -0.308 e. The maximum Gasteiger partial charge on any atom is 0.233 e. The zero-order chi connectivity index (χ0) is 13.4. The molecule has 4 nitrogen and oxygen atoms in total. The van der Waals surface area contributed by atoms with Crippen LogP contribution >= 0.6 is 31.9 Å². The molecule has 1 aliphatic carbocycles. The molecule has 1 heterocycles. The first-order valence-corrected chi connectivity index (χ1v) is 7.30. The van der Waals surface area contributed by atoms with Gasteiger partial charge in [0.25, 0.3) is 0 Å². The Hall–Kier alpha value is -1.27. The number of nitrogens with one attached hydrogen (secondary N) is 1. The molecule has 0 spiro atoms. The largest absolute Gasteiger partial charge is 0.308 e. The van der Waals surface area contributed by atoms with Crippen molar-refractivity contribution in [3.8, 4) is 0 Å². The fourth-order valence-electron chi connectivity index (χ4n) is 2.13. The second-order valence-corrected chi connectivity index (χ2v) is 5.84. The lowest BCUT2D eigenvalue weighted by molar-refractivity contribution is -0.118. The summed E-state index contributed by atoms with van der Waals surface area (Å²) in [6.45, 7) is 0.